The molecule has 2 amide bonds. The maximum absolute atomic E-state index is 13.0. The van der Waals surface area contributed by atoms with Crippen molar-refractivity contribution in [1.29, 1.82) is 0 Å². The van der Waals surface area contributed by atoms with E-state index in [1.165, 1.54) is 0 Å². The highest BCUT2D eigenvalue weighted by Gasteiger charge is 2.23. The van der Waals surface area contributed by atoms with Gasteiger partial charge < -0.3 is 19.9 Å². The molecule has 1 aliphatic rings. The molecule has 1 N–H and O–H groups in total. The number of anilines is 2. The summed E-state index contributed by atoms with van der Waals surface area (Å²) in [6.45, 7) is 3.72. The van der Waals surface area contributed by atoms with Crippen LogP contribution in [0.25, 0.3) is 16.9 Å². The number of ether oxygens (including phenoxy) is 1. The van der Waals surface area contributed by atoms with Gasteiger partial charge in [0.1, 0.15) is 5.75 Å². The van der Waals surface area contributed by atoms with Crippen molar-refractivity contribution in [3.8, 4) is 17.0 Å². The van der Waals surface area contributed by atoms with Crippen LogP contribution in [0.5, 0.6) is 5.75 Å². The fourth-order valence-corrected chi connectivity index (χ4v) is 4.20. The number of carbonyl (C=O) groups excluding carboxylic acids is 2. The van der Waals surface area contributed by atoms with Crippen LogP contribution in [0.15, 0.2) is 66.7 Å². The number of hydrogen-bond acceptors (Lipinski definition) is 6. The lowest BCUT2D eigenvalue weighted by atomic mass is 10.1. The number of nitrogens with one attached hydrogen (secondary N) is 1. The van der Waals surface area contributed by atoms with E-state index >= 15 is 0 Å². The van der Waals surface area contributed by atoms with Gasteiger partial charge in [-0.2, -0.15) is 4.98 Å². The first-order valence-corrected chi connectivity index (χ1v) is 11.4. The molecular weight excluding hydrogens is 444 g/mol. The number of methoxy groups -OCH3 is 1. The third-order valence-corrected chi connectivity index (χ3v) is 6.12. The first kappa shape index (κ1) is 22.4. The molecule has 0 atom stereocenters. The van der Waals surface area contributed by atoms with Gasteiger partial charge in [-0.1, -0.05) is 12.1 Å². The molecule has 5 rings (SSSR count). The number of hydrogen-bond donors (Lipinski definition) is 1. The van der Waals surface area contributed by atoms with Crippen LogP contribution in [-0.4, -0.2) is 69.5 Å². The highest BCUT2D eigenvalue weighted by atomic mass is 16.5. The number of aromatic nitrogens is 3. The van der Waals surface area contributed by atoms with Crippen LogP contribution in [0.3, 0.4) is 0 Å². The van der Waals surface area contributed by atoms with Crippen LogP contribution >= 0.6 is 0 Å². The summed E-state index contributed by atoms with van der Waals surface area (Å²) >= 11 is 0. The standard InChI is InChI=1S/C26H26N6O3/c1-18(33)30-13-15-31(16-14-30)25(34)20-5-3-6-21(17-20)27-26-28-24-8-4-7-23(32(24)29-26)19-9-11-22(35-2)12-10-19/h3-12,17H,13-16H2,1-2H3,(H,27,29). The molecule has 0 aliphatic carbocycles. The number of benzene rings is 2. The third kappa shape index (κ3) is 4.65. The monoisotopic (exact) mass is 470 g/mol. The molecule has 35 heavy (non-hydrogen) atoms. The van der Waals surface area contributed by atoms with Crippen molar-refractivity contribution in [1.82, 2.24) is 24.4 Å². The van der Waals surface area contributed by atoms with Crippen LogP contribution in [0.1, 0.15) is 17.3 Å². The number of amides is 2. The zero-order valence-electron chi connectivity index (χ0n) is 19.6. The zero-order valence-corrected chi connectivity index (χ0v) is 19.6. The largest absolute Gasteiger partial charge is 0.497 e. The minimum absolute atomic E-state index is 0.0402. The molecule has 4 aromatic rings. The lowest BCUT2D eigenvalue weighted by molar-refractivity contribution is -0.130. The second kappa shape index (κ2) is 9.46. The van der Waals surface area contributed by atoms with Crippen molar-refractivity contribution in [3.05, 3.63) is 72.3 Å². The number of piperazine rings is 1. The predicted molar refractivity (Wildman–Crippen MR) is 133 cm³/mol. The van der Waals surface area contributed by atoms with Crippen LogP contribution < -0.4 is 10.1 Å². The quantitative estimate of drug-likeness (QED) is 0.480. The Hall–Kier alpha value is -4.40. The Kier molecular flexibility index (Phi) is 6.05. The summed E-state index contributed by atoms with van der Waals surface area (Å²) in [6, 6.07) is 20.9. The minimum atomic E-state index is -0.0541. The van der Waals surface area contributed by atoms with Gasteiger partial charge in [-0.3, -0.25) is 9.59 Å². The molecule has 0 unspecified atom stereocenters. The smallest absolute Gasteiger partial charge is 0.254 e. The van der Waals surface area contributed by atoms with Gasteiger partial charge in [-0.25, -0.2) is 4.52 Å². The van der Waals surface area contributed by atoms with Gasteiger partial charge in [0, 0.05) is 49.9 Å². The molecule has 1 fully saturated rings. The van der Waals surface area contributed by atoms with E-state index in [-0.39, 0.29) is 11.8 Å². The van der Waals surface area contributed by atoms with Gasteiger partial charge in [0.25, 0.3) is 5.91 Å². The average Bonchev–Trinajstić information content (AvgIpc) is 3.31. The van der Waals surface area contributed by atoms with E-state index in [9.17, 15) is 9.59 Å². The van der Waals surface area contributed by atoms with Gasteiger partial charge in [-0.15, -0.1) is 5.10 Å². The van der Waals surface area contributed by atoms with E-state index in [2.05, 4.69) is 15.4 Å². The van der Waals surface area contributed by atoms with E-state index in [0.717, 1.165) is 22.7 Å². The molecule has 3 heterocycles. The first-order chi connectivity index (χ1) is 17.0. The molecule has 9 heteroatoms. The van der Waals surface area contributed by atoms with Crippen LogP contribution in [-0.2, 0) is 4.79 Å². The fourth-order valence-electron chi connectivity index (χ4n) is 4.20. The van der Waals surface area contributed by atoms with Crippen LogP contribution in [0, 0.1) is 0 Å². The molecule has 0 saturated carbocycles. The molecule has 1 aliphatic heterocycles. The molecule has 9 nitrogen and oxygen atoms in total. The molecular formula is C26H26N6O3. The minimum Gasteiger partial charge on any atom is -0.497 e. The fraction of sp³-hybridized carbons (Fsp3) is 0.231. The van der Waals surface area contributed by atoms with Crippen molar-refractivity contribution < 1.29 is 14.3 Å². The second-order valence-corrected chi connectivity index (χ2v) is 8.35. The SMILES string of the molecule is COc1ccc(-c2cccc3nc(Nc4cccc(C(=O)N5CCN(C(C)=O)CC5)c4)nn23)cc1. The highest BCUT2D eigenvalue weighted by molar-refractivity contribution is 5.95. The van der Waals surface area contributed by atoms with Crippen LogP contribution in [0.2, 0.25) is 0 Å². The number of fused-ring (bicyclic) bond motifs is 1. The lowest BCUT2D eigenvalue weighted by Crippen LogP contribution is -2.50. The average molecular weight is 471 g/mol. The maximum atomic E-state index is 13.0. The second-order valence-electron chi connectivity index (χ2n) is 8.35. The highest BCUT2D eigenvalue weighted by Crippen LogP contribution is 2.24. The van der Waals surface area contributed by atoms with Crippen LogP contribution in [0.4, 0.5) is 11.6 Å². The van der Waals surface area contributed by atoms with Crippen molar-refractivity contribution in [2.45, 2.75) is 6.92 Å². The normalized spacial score (nSPS) is 13.7. The zero-order chi connectivity index (χ0) is 24.4. The topological polar surface area (TPSA) is 92.1 Å². The Morgan fingerprint density at radius 1 is 0.914 bits per heavy atom. The summed E-state index contributed by atoms with van der Waals surface area (Å²) in [6.07, 6.45) is 0. The van der Waals surface area contributed by atoms with E-state index in [1.54, 1.807) is 40.5 Å². The molecule has 0 bridgehead atoms. The summed E-state index contributed by atoms with van der Waals surface area (Å²) in [7, 11) is 1.64. The number of nitrogens with zero attached hydrogens (tertiary/aromatic N) is 5. The summed E-state index contributed by atoms with van der Waals surface area (Å²) < 4.78 is 7.04. The first-order valence-electron chi connectivity index (χ1n) is 11.4. The summed E-state index contributed by atoms with van der Waals surface area (Å²) in [5.41, 5.74) is 3.90. The Balaban J connectivity index is 1.35. The summed E-state index contributed by atoms with van der Waals surface area (Å²) in [4.78, 5) is 32.7. The van der Waals surface area contributed by atoms with E-state index in [1.807, 2.05) is 54.6 Å². The lowest BCUT2D eigenvalue weighted by Gasteiger charge is -2.34. The summed E-state index contributed by atoms with van der Waals surface area (Å²) in [5.74, 6) is 1.21. The summed E-state index contributed by atoms with van der Waals surface area (Å²) in [5, 5.41) is 7.87. The Labute approximate surface area is 202 Å². The molecule has 1 saturated heterocycles. The maximum Gasteiger partial charge on any atom is 0.254 e. The van der Waals surface area contributed by atoms with Gasteiger partial charge in [0.05, 0.1) is 12.8 Å². The van der Waals surface area contributed by atoms with E-state index < -0.39 is 0 Å². The van der Waals surface area contributed by atoms with Gasteiger partial charge in [-0.05, 0) is 54.6 Å². The molecule has 2 aromatic carbocycles. The Morgan fingerprint density at radius 2 is 1.63 bits per heavy atom. The van der Waals surface area contributed by atoms with Crippen molar-refractivity contribution in [2.24, 2.45) is 0 Å². The van der Waals surface area contributed by atoms with Gasteiger partial charge in [0.2, 0.25) is 11.9 Å². The van der Waals surface area contributed by atoms with Gasteiger partial charge in [0.15, 0.2) is 5.65 Å². The Morgan fingerprint density at radius 3 is 2.34 bits per heavy atom. The predicted octanol–water partition coefficient (Wildman–Crippen LogP) is 3.45. The van der Waals surface area contributed by atoms with Gasteiger partial charge >= 0.3 is 0 Å². The third-order valence-electron chi connectivity index (χ3n) is 6.12. The molecule has 0 radical (unpaired) electrons. The van der Waals surface area contributed by atoms with Crippen molar-refractivity contribution in [3.63, 3.8) is 0 Å². The molecule has 0 spiro atoms. The number of rotatable bonds is 5. The van der Waals surface area contributed by atoms with Crippen molar-refractivity contribution >= 4 is 29.1 Å². The number of pyridine rings is 1. The molecule has 2 aromatic heterocycles. The number of carbonyl (C=O) groups is 2. The van der Waals surface area contributed by atoms with E-state index in [0.29, 0.717) is 43.3 Å². The molecule has 178 valence electrons. The Bertz CT molecular complexity index is 1370. The van der Waals surface area contributed by atoms with E-state index in [4.69, 9.17) is 4.74 Å². The van der Waals surface area contributed by atoms with Crippen molar-refractivity contribution in [2.75, 3.05) is 38.6 Å².